The Morgan fingerprint density at radius 3 is 2.69 bits per heavy atom. The van der Waals surface area contributed by atoms with Crippen molar-refractivity contribution in [1.29, 1.82) is 0 Å². The molecule has 1 aromatic rings. The van der Waals surface area contributed by atoms with Crippen LogP contribution in [0.2, 0.25) is 5.02 Å². The number of rotatable bonds is 9. The first-order valence-electron chi connectivity index (χ1n) is 9.43. The van der Waals surface area contributed by atoms with Gasteiger partial charge in [-0.2, -0.15) is 0 Å². The lowest BCUT2D eigenvalue weighted by molar-refractivity contribution is -0.125. The summed E-state index contributed by atoms with van der Waals surface area (Å²) < 4.78 is 38.0. The van der Waals surface area contributed by atoms with Crippen molar-refractivity contribution in [3.05, 3.63) is 28.8 Å². The number of carbonyl (C=O) groups excluding carboxylic acids is 2. The van der Waals surface area contributed by atoms with Gasteiger partial charge in [0.15, 0.2) is 6.61 Å². The van der Waals surface area contributed by atoms with Crippen LogP contribution < -0.4 is 10.0 Å². The Labute approximate surface area is 176 Å². The van der Waals surface area contributed by atoms with E-state index in [0.717, 1.165) is 18.9 Å². The van der Waals surface area contributed by atoms with E-state index in [1.807, 2.05) is 20.8 Å². The number of nitrogens with one attached hydrogen (secondary N) is 2. The normalized spacial score (nSPS) is 17.2. The molecule has 1 heterocycles. The van der Waals surface area contributed by atoms with Crippen molar-refractivity contribution in [2.24, 2.45) is 0 Å². The van der Waals surface area contributed by atoms with Crippen LogP contribution in [0.4, 0.5) is 0 Å². The Morgan fingerprint density at radius 2 is 2.07 bits per heavy atom. The van der Waals surface area contributed by atoms with Gasteiger partial charge in [-0.15, -0.1) is 0 Å². The number of ether oxygens (including phenoxy) is 2. The van der Waals surface area contributed by atoms with Gasteiger partial charge in [-0.25, -0.2) is 17.9 Å². The second kappa shape index (κ2) is 9.88. The minimum absolute atomic E-state index is 0.0190. The molecule has 162 valence electrons. The predicted molar refractivity (Wildman–Crippen MR) is 108 cm³/mol. The average molecular weight is 447 g/mol. The maximum absolute atomic E-state index is 12.6. The molecular formula is C19H27ClN2O6S. The highest BCUT2D eigenvalue weighted by Gasteiger charge is 2.24. The number of carbonyl (C=O) groups is 2. The SMILES string of the molecule is CCC(C)(C)NC(=O)COC(=O)c1ccc(Cl)c(S(=O)(=O)NCC2CCCO2)c1. The van der Waals surface area contributed by atoms with Crippen LogP contribution in [-0.2, 0) is 24.3 Å². The van der Waals surface area contributed by atoms with Crippen LogP contribution in [0.5, 0.6) is 0 Å². The van der Waals surface area contributed by atoms with Gasteiger partial charge < -0.3 is 14.8 Å². The number of amides is 1. The molecule has 0 aromatic heterocycles. The second-order valence-electron chi connectivity index (χ2n) is 7.49. The molecule has 1 saturated heterocycles. The smallest absolute Gasteiger partial charge is 0.338 e. The van der Waals surface area contributed by atoms with E-state index in [1.54, 1.807) is 0 Å². The standard InChI is InChI=1S/C19H27ClN2O6S/c1-4-19(2,3)22-17(23)12-28-18(24)13-7-8-15(20)16(10-13)29(25,26)21-11-14-6-5-9-27-14/h7-8,10,14,21H,4-6,9,11-12H2,1-3H3,(H,22,23). The minimum Gasteiger partial charge on any atom is -0.452 e. The van der Waals surface area contributed by atoms with E-state index < -0.39 is 34.0 Å². The third-order valence-corrected chi connectivity index (χ3v) is 6.58. The van der Waals surface area contributed by atoms with E-state index in [0.29, 0.717) is 13.0 Å². The zero-order valence-electron chi connectivity index (χ0n) is 16.8. The quantitative estimate of drug-likeness (QED) is 0.563. The van der Waals surface area contributed by atoms with Gasteiger partial charge in [-0.1, -0.05) is 18.5 Å². The second-order valence-corrected chi connectivity index (χ2v) is 9.64. The lowest BCUT2D eigenvalue weighted by Gasteiger charge is -2.24. The van der Waals surface area contributed by atoms with E-state index in [9.17, 15) is 18.0 Å². The molecule has 8 nitrogen and oxygen atoms in total. The lowest BCUT2D eigenvalue weighted by Crippen LogP contribution is -2.44. The monoisotopic (exact) mass is 446 g/mol. The molecule has 0 bridgehead atoms. The van der Waals surface area contributed by atoms with Gasteiger partial charge in [0, 0.05) is 18.7 Å². The third-order valence-electron chi connectivity index (χ3n) is 4.68. The Bertz CT molecular complexity index is 850. The number of hydrogen-bond donors (Lipinski definition) is 2. The van der Waals surface area contributed by atoms with E-state index in [2.05, 4.69) is 10.0 Å². The van der Waals surface area contributed by atoms with Gasteiger partial charge >= 0.3 is 5.97 Å². The Kier molecular flexibility index (Phi) is 8.04. The molecule has 1 atom stereocenters. The molecule has 0 radical (unpaired) electrons. The van der Waals surface area contributed by atoms with Crippen LogP contribution in [0.25, 0.3) is 0 Å². The summed E-state index contributed by atoms with van der Waals surface area (Å²) in [5.74, 6) is -1.26. The molecule has 1 aliphatic heterocycles. The van der Waals surface area contributed by atoms with Gasteiger partial charge in [0.2, 0.25) is 10.0 Å². The minimum atomic E-state index is -3.94. The molecule has 0 spiro atoms. The van der Waals surface area contributed by atoms with Crippen molar-refractivity contribution in [3.63, 3.8) is 0 Å². The molecule has 0 aliphatic carbocycles. The van der Waals surface area contributed by atoms with Crippen molar-refractivity contribution in [3.8, 4) is 0 Å². The molecule has 0 saturated carbocycles. The summed E-state index contributed by atoms with van der Waals surface area (Å²) >= 11 is 6.03. The van der Waals surface area contributed by atoms with Crippen LogP contribution in [0.15, 0.2) is 23.1 Å². The summed E-state index contributed by atoms with van der Waals surface area (Å²) in [7, 11) is -3.94. The topological polar surface area (TPSA) is 111 Å². The van der Waals surface area contributed by atoms with E-state index in [-0.39, 0.29) is 28.1 Å². The summed E-state index contributed by atoms with van der Waals surface area (Å²) in [6.45, 7) is 5.90. The summed E-state index contributed by atoms with van der Waals surface area (Å²) in [6, 6.07) is 3.78. The zero-order valence-corrected chi connectivity index (χ0v) is 18.4. The van der Waals surface area contributed by atoms with E-state index in [4.69, 9.17) is 21.1 Å². The highest BCUT2D eigenvalue weighted by atomic mass is 35.5. The zero-order chi connectivity index (χ0) is 21.7. The van der Waals surface area contributed by atoms with Crippen LogP contribution in [0.3, 0.4) is 0 Å². The van der Waals surface area contributed by atoms with Crippen molar-refractivity contribution in [2.75, 3.05) is 19.8 Å². The molecule has 1 aromatic carbocycles. The highest BCUT2D eigenvalue weighted by molar-refractivity contribution is 7.89. The lowest BCUT2D eigenvalue weighted by atomic mass is 10.0. The largest absolute Gasteiger partial charge is 0.452 e. The van der Waals surface area contributed by atoms with Gasteiger partial charge in [-0.3, -0.25) is 4.79 Å². The number of esters is 1. The summed E-state index contributed by atoms with van der Waals surface area (Å²) in [4.78, 5) is 23.9. The Hall–Kier alpha value is -1.68. The summed E-state index contributed by atoms with van der Waals surface area (Å²) in [5, 5.41) is 2.72. The van der Waals surface area contributed by atoms with E-state index >= 15 is 0 Å². The maximum Gasteiger partial charge on any atom is 0.338 e. The predicted octanol–water partition coefficient (Wildman–Crippen LogP) is 2.26. The molecule has 1 fully saturated rings. The van der Waals surface area contributed by atoms with E-state index in [1.165, 1.54) is 12.1 Å². The number of benzene rings is 1. The van der Waals surface area contributed by atoms with Crippen LogP contribution in [0, 0.1) is 0 Å². The number of sulfonamides is 1. The fourth-order valence-corrected chi connectivity index (χ4v) is 4.23. The van der Waals surface area contributed by atoms with Gasteiger partial charge in [0.1, 0.15) is 4.90 Å². The van der Waals surface area contributed by atoms with Gasteiger partial charge in [-0.05, 0) is 51.3 Å². The van der Waals surface area contributed by atoms with Crippen LogP contribution in [0.1, 0.15) is 50.4 Å². The fourth-order valence-electron chi connectivity index (χ4n) is 2.64. The summed E-state index contributed by atoms with van der Waals surface area (Å²) in [5.41, 5.74) is -0.436. The first-order valence-corrected chi connectivity index (χ1v) is 11.3. The molecule has 2 rings (SSSR count). The molecule has 29 heavy (non-hydrogen) atoms. The van der Waals surface area contributed by atoms with Gasteiger partial charge in [0.25, 0.3) is 5.91 Å². The van der Waals surface area contributed by atoms with Crippen molar-refractivity contribution >= 4 is 33.5 Å². The van der Waals surface area contributed by atoms with Crippen molar-refractivity contribution in [1.82, 2.24) is 10.0 Å². The molecule has 10 heteroatoms. The first-order chi connectivity index (χ1) is 13.5. The van der Waals surface area contributed by atoms with Crippen molar-refractivity contribution in [2.45, 2.75) is 56.6 Å². The number of halogens is 1. The highest BCUT2D eigenvalue weighted by Crippen LogP contribution is 2.23. The number of hydrogen-bond acceptors (Lipinski definition) is 6. The Balaban J connectivity index is 2.03. The summed E-state index contributed by atoms with van der Waals surface area (Å²) in [6.07, 6.45) is 2.20. The van der Waals surface area contributed by atoms with Gasteiger partial charge in [0.05, 0.1) is 16.7 Å². The average Bonchev–Trinajstić information content (AvgIpc) is 3.18. The fraction of sp³-hybridized carbons (Fsp3) is 0.579. The molecule has 1 aliphatic rings. The Morgan fingerprint density at radius 1 is 1.34 bits per heavy atom. The van der Waals surface area contributed by atoms with Crippen molar-refractivity contribution < 1.29 is 27.5 Å². The molecular weight excluding hydrogens is 420 g/mol. The van der Waals surface area contributed by atoms with Crippen LogP contribution >= 0.6 is 11.6 Å². The molecule has 1 amide bonds. The first kappa shape index (κ1) is 23.6. The maximum atomic E-state index is 12.6. The third kappa shape index (κ3) is 6.95. The van der Waals surface area contributed by atoms with Crippen LogP contribution in [-0.4, -0.2) is 51.7 Å². The molecule has 2 N–H and O–H groups in total. The molecule has 1 unspecified atom stereocenters.